The van der Waals surface area contributed by atoms with E-state index < -0.39 is 5.97 Å². The Kier molecular flexibility index (Phi) is 2.41. The van der Waals surface area contributed by atoms with E-state index in [1.165, 1.54) is 6.07 Å². The zero-order valence-corrected chi connectivity index (χ0v) is 7.57. The number of benzene rings is 1. The molecule has 0 fully saturated rings. The van der Waals surface area contributed by atoms with Crippen LogP contribution in [0.3, 0.4) is 0 Å². The number of hydrogen-bond acceptors (Lipinski definition) is 4. The second-order valence-corrected chi connectivity index (χ2v) is 2.96. The third-order valence-electron chi connectivity index (χ3n) is 1.72. The predicted molar refractivity (Wildman–Crippen MR) is 49.5 cm³/mol. The minimum atomic E-state index is -1.21. The number of carboxylic acids is 1. The number of anilines is 2. The normalized spacial score (nSPS) is 9.69. The first kappa shape index (κ1) is 9.38. The summed E-state index contributed by atoms with van der Waals surface area (Å²) in [5, 5.41) is 10.7. The lowest BCUT2D eigenvalue weighted by atomic mass is 10.1. The van der Waals surface area contributed by atoms with E-state index in [2.05, 4.69) is 0 Å². The van der Waals surface area contributed by atoms with E-state index in [-0.39, 0.29) is 5.56 Å². The number of rotatable bonds is 2. The van der Waals surface area contributed by atoms with Gasteiger partial charge in [-0.1, -0.05) is 0 Å². The molecule has 0 saturated carbocycles. The lowest BCUT2D eigenvalue weighted by Crippen LogP contribution is -2.25. The molecule has 0 radical (unpaired) electrons. The molecule has 2 N–H and O–H groups in total. The van der Waals surface area contributed by atoms with E-state index in [4.69, 9.17) is 5.73 Å². The van der Waals surface area contributed by atoms with E-state index in [1.807, 2.05) is 0 Å². The van der Waals surface area contributed by atoms with Gasteiger partial charge in [-0.05, 0) is 18.2 Å². The summed E-state index contributed by atoms with van der Waals surface area (Å²) >= 11 is 0. The van der Waals surface area contributed by atoms with Crippen molar-refractivity contribution in [3.05, 3.63) is 23.8 Å². The molecule has 0 aliphatic heterocycles. The van der Waals surface area contributed by atoms with Gasteiger partial charge in [0, 0.05) is 31.0 Å². The topological polar surface area (TPSA) is 69.4 Å². The molecule has 0 bridgehead atoms. The SMILES string of the molecule is CN(C)c1ccc(N)cc1C(=O)[O-]. The molecule has 70 valence electrons. The summed E-state index contributed by atoms with van der Waals surface area (Å²) in [6.07, 6.45) is 0. The van der Waals surface area contributed by atoms with E-state index in [9.17, 15) is 9.90 Å². The number of carboxylic acid groups (broad SMARTS) is 1. The minimum absolute atomic E-state index is 0.116. The monoisotopic (exact) mass is 179 g/mol. The fraction of sp³-hybridized carbons (Fsp3) is 0.222. The molecule has 1 aromatic carbocycles. The Morgan fingerprint density at radius 2 is 2.08 bits per heavy atom. The average Bonchev–Trinajstić information content (AvgIpc) is 2.03. The van der Waals surface area contributed by atoms with Gasteiger partial charge in [-0.25, -0.2) is 0 Å². The molecule has 0 saturated heterocycles. The second kappa shape index (κ2) is 3.35. The lowest BCUT2D eigenvalue weighted by molar-refractivity contribution is -0.254. The Morgan fingerprint density at radius 3 is 2.54 bits per heavy atom. The van der Waals surface area contributed by atoms with Crippen LogP contribution < -0.4 is 15.7 Å². The summed E-state index contributed by atoms with van der Waals surface area (Å²) in [6.45, 7) is 0. The van der Waals surface area contributed by atoms with E-state index >= 15 is 0 Å². The zero-order chi connectivity index (χ0) is 10.0. The number of aromatic carboxylic acids is 1. The molecule has 0 aliphatic carbocycles. The molecule has 0 aromatic heterocycles. The van der Waals surface area contributed by atoms with Crippen molar-refractivity contribution < 1.29 is 9.90 Å². The molecule has 0 amide bonds. The largest absolute Gasteiger partial charge is 0.545 e. The Hall–Kier alpha value is -1.71. The third kappa shape index (κ3) is 1.90. The first-order chi connectivity index (χ1) is 6.02. The summed E-state index contributed by atoms with van der Waals surface area (Å²) in [4.78, 5) is 12.4. The smallest absolute Gasteiger partial charge is 0.0736 e. The Morgan fingerprint density at radius 1 is 1.46 bits per heavy atom. The van der Waals surface area contributed by atoms with Gasteiger partial charge in [-0.15, -0.1) is 0 Å². The van der Waals surface area contributed by atoms with Crippen LogP contribution in [0.25, 0.3) is 0 Å². The van der Waals surface area contributed by atoms with Crippen LogP contribution in [0.15, 0.2) is 18.2 Å². The van der Waals surface area contributed by atoms with Gasteiger partial charge in [-0.2, -0.15) is 0 Å². The zero-order valence-electron chi connectivity index (χ0n) is 7.57. The number of nitrogen functional groups attached to an aromatic ring is 1. The van der Waals surface area contributed by atoms with Gasteiger partial charge in [0.05, 0.1) is 5.97 Å². The minimum Gasteiger partial charge on any atom is -0.545 e. The predicted octanol–water partition coefficient (Wildman–Crippen LogP) is -0.302. The van der Waals surface area contributed by atoms with Crippen molar-refractivity contribution in [2.45, 2.75) is 0 Å². The van der Waals surface area contributed by atoms with Crippen molar-refractivity contribution in [3.63, 3.8) is 0 Å². The molecule has 4 nitrogen and oxygen atoms in total. The fourth-order valence-corrected chi connectivity index (χ4v) is 1.11. The van der Waals surface area contributed by atoms with Crippen LogP contribution >= 0.6 is 0 Å². The molecule has 0 unspecified atom stereocenters. The van der Waals surface area contributed by atoms with Crippen LogP contribution in [0.2, 0.25) is 0 Å². The van der Waals surface area contributed by atoms with Crippen molar-refractivity contribution in [1.29, 1.82) is 0 Å². The molecule has 1 aromatic rings. The van der Waals surface area contributed by atoms with Crippen LogP contribution in [-0.4, -0.2) is 20.1 Å². The molecular weight excluding hydrogens is 168 g/mol. The summed E-state index contributed by atoms with van der Waals surface area (Å²) in [6, 6.07) is 4.70. The summed E-state index contributed by atoms with van der Waals surface area (Å²) < 4.78 is 0. The first-order valence-electron chi connectivity index (χ1n) is 3.80. The van der Waals surface area contributed by atoms with Gasteiger partial charge in [0.25, 0.3) is 0 Å². The molecule has 4 heteroatoms. The molecule has 0 heterocycles. The highest BCUT2D eigenvalue weighted by Gasteiger charge is 2.05. The van der Waals surface area contributed by atoms with Crippen molar-refractivity contribution in [2.75, 3.05) is 24.7 Å². The quantitative estimate of drug-likeness (QED) is 0.633. The van der Waals surface area contributed by atoms with Gasteiger partial charge < -0.3 is 20.5 Å². The van der Waals surface area contributed by atoms with Gasteiger partial charge in [0.15, 0.2) is 0 Å². The molecule has 0 spiro atoms. The Balaban J connectivity index is 3.27. The average molecular weight is 179 g/mol. The number of carbonyl (C=O) groups excluding carboxylic acids is 1. The van der Waals surface area contributed by atoms with Crippen molar-refractivity contribution in [2.24, 2.45) is 0 Å². The van der Waals surface area contributed by atoms with Crippen molar-refractivity contribution in [1.82, 2.24) is 0 Å². The van der Waals surface area contributed by atoms with Crippen LogP contribution in [-0.2, 0) is 0 Å². The highest BCUT2D eigenvalue weighted by molar-refractivity contribution is 5.94. The number of nitrogens with zero attached hydrogens (tertiary/aromatic N) is 1. The Bertz CT molecular complexity index is 334. The molecule has 1 rings (SSSR count). The van der Waals surface area contributed by atoms with E-state index in [0.717, 1.165) is 0 Å². The van der Waals surface area contributed by atoms with Gasteiger partial charge in [0.2, 0.25) is 0 Å². The highest BCUT2D eigenvalue weighted by atomic mass is 16.4. The van der Waals surface area contributed by atoms with Gasteiger partial charge in [0.1, 0.15) is 0 Å². The van der Waals surface area contributed by atoms with Crippen LogP contribution in [0.1, 0.15) is 10.4 Å². The van der Waals surface area contributed by atoms with Crippen molar-refractivity contribution >= 4 is 17.3 Å². The van der Waals surface area contributed by atoms with Crippen LogP contribution in [0.5, 0.6) is 0 Å². The molecular formula is C9H11N2O2-. The third-order valence-corrected chi connectivity index (χ3v) is 1.72. The first-order valence-corrected chi connectivity index (χ1v) is 3.80. The number of nitrogens with two attached hydrogens (primary N) is 1. The summed E-state index contributed by atoms with van der Waals surface area (Å²) in [7, 11) is 3.52. The summed E-state index contributed by atoms with van der Waals surface area (Å²) in [5.41, 5.74) is 6.58. The maximum Gasteiger partial charge on any atom is 0.0736 e. The van der Waals surface area contributed by atoms with Crippen LogP contribution in [0.4, 0.5) is 11.4 Å². The molecule has 0 atom stereocenters. The van der Waals surface area contributed by atoms with Crippen LogP contribution in [0, 0.1) is 0 Å². The second-order valence-electron chi connectivity index (χ2n) is 2.96. The molecule has 13 heavy (non-hydrogen) atoms. The highest BCUT2D eigenvalue weighted by Crippen LogP contribution is 2.20. The van der Waals surface area contributed by atoms with E-state index in [1.54, 1.807) is 31.1 Å². The fourth-order valence-electron chi connectivity index (χ4n) is 1.11. The Labute approximate surface area is 76.6 Å². The van der Waals surface area contributed by atoms with E-state index in [0.29, 0.717) is 11.4 Å². The number of carbonyl (C=O) groups is 1. The maximum atomic E-state index is 10.7. The number of hydrogen-bond donors (Lipinski definition) is 1. The molecule has 0 aliphatic rings. The van der Waals surface area contributed by atoms with Gasteiger partial charge >= 0.3 is 0 Å². The lowest BCUT2D eigenvalue weighted by Gasteiger charge is -2.18. The summed E-state index contributed by atoms with van der Waals surface area (Å²) in [5.74, 6) is -1.21. The van der Waals surface area contributed by atoms with Crippen molar-refractivity contribution in [3.8, 4) is 0 Å². The van der Waals surface area contributed by atoms with Gasteiger partial charge in [-0.3, -0.25) is 0 Å². The maximum absolute atomic E-state index is 10.7. The standard InChI is InChI=1S/C9H12N2O2/c1-11(2)8-4-3-6(10)5-7(8)9(12)13/h3-5H,10H2,1-2H3,(H,12,13)/p-1.